The Balaban J connectivity index is 2.20. The summed E-state index contributed by atoms with van der Waals surface area (Å²) in [5.41, 5.74) is 6.57. The molecule has 19 heavy (non-hydrogen) atoms. The molecule has 1 fully saturated rings. The maximum Gasteiger partial charge on any atom is 0.251 e. The van der Waals surface area contributed by atoms with E-state index in [1.165, 1.54) is 13.4 Å². The summed E-state index contributed by atoms with van der Waals surface area (Å²) in [5, 5.41) is 3.07. The van der Waals surface area contributed by atoms with Gasteiger partial charge in [0.1, 0.15) is 24.0 Å². The number of hydrogen-bond acceptors (Lipinski definition) is 6. The Morgan fingerprint density at radius 3 is 2.89 bits per heavy atom. The quantitative estimate of drug-likeness (QED) is 0.754. The van der Waals surface area contributed by atoms with Gasteiger partial charge in [0, 0.05) is 19.0 Å². The van der Waals surface area contributed by atoms with Gasteiger partial charge in [-0.1, -0.05) is 6.92 Å². The number of rotatable bonds is 3. The van der Waals surface area contributed by atoms with E-state index in [0.29, 0.717) is 30.9 Å². The van der Waals surface area contributed by atoms with E-state index >= 15 is 0 Å². The van der Waals surface area contributed by atoms with Crippen molar-refractivity contribution in [3.8, 4) is 0 Å². The Hall–Kier alpha value is -2.18. The lowest BCUT2D eigenvalue weighted by Crippen LogP contribution is -2.48. The lowest BCUT2D eigenvalue weighted by Gasteiger charge is -2.29. The van der Waals surface area contributed by atoms with Crippen LogP contribution >= 0.6 is 0 Å². The van der Waals surface area contributed by atoms with Gasteiger partial charge >= 0.3 is 0 Å². The van der Waals surface area contributed by atoms with Crippen LogP contribution in [0.5, 0.6) is 0 Å². The summed E-state index contributed by atoms with van der Waals surface area (Å²) >= 11 is 0. The predicted molar refractivity (Wildman–Crippen MR) is 70.2 cm³/mol. The fraction of sp³-hybridized carbons (Fsp3) is 0.500. The molecule has 3 N–H and O–H groups in total. The molecule has 1 aromatic rings. The minimum Gasteiger partial charge on any atom is -0.383 e. The van der Waals surface area contributed by atoms with Crippen molar-refractivity contribution in [2.24, 2.45) is 0 Å². The number of nitrogens with zero attached hydrogens (tertiary/aromatic N) is 3. The first-order valence-electron chi connectivity index (χ1n) is 6.20. The number of nitrogens with two attached hydrogens (primary N) is 1. The third kappa shape index (κ3) is 2.49. The topological polar surface area (TPSA) is 101 Å². The summed E-state index contributed by atoms with van der Waals surface area (Å²) in [6.07, 6.45) is 2.85. The zero-order chi connectivity index (χ0) is 14.0. The Labute approximate surface area is 111 Å². The van der Waals surface area contributed by atoms with E-state index in [4.69, 9.17) is 5.73 Å². The first kappa shape index (κ1) is 13.3. The van der Waals surface area contributed by atoms with E-state index in [1.54, 1.807) is 0 Å². The van der Waals surface area contributed by atoms with Crippen LogP contribution in [0.2, 0.25) is 0 Å². The van der Waals surface area contributed by atoms with Crippen LogP contribution in [0, 0.1) is 0 Å². The van der Waals surface area contributed by atoms with Crippen molar-refractivity contribution in [3.63, 3.8) is 0 Å². The zero-order valence-corrected chi connectivity index (χ0v) is 11.0. The molecule has 0 aliphatic carbocycles. The van der Waals surface area contributed by atoms with Crippen LogP contribution in [0.25, 0.3) is 0 Å². The highest BCUT2D eigenvalue weighted by molar-refractivity contribution is 6.01. The highest BCUT2D eigenvalue weighted by Crippen LogP contribution is 2.21. The smallest absolute Gasteiger partial charge is 0.251 e. The van der Waals surface area contributed by atoms with Gasteiger partial charge in [-0.15, -0.1) is 0 Å². The molecule has 1 aliphatic heterocycles. The summed E-state index contributed by atoms with van der Waals surface area (Å²) in [4.78, 5) is 32.6. The number of piperidine rings is 1. The molecular formula is C12H17N5O2. The SMILES string of the molecule is CCc1c(N)ncnc1NC1CCC(=O)N(C)C1=O. The summed E-state index contributed by atoms with van der Waals surface area (Å²) in [7, 11) is 1.49. The van der Waals surface area contributed by atoms with Crippen molar-refractivity contribution in [2.75, 3.05) is 18.1 Å². The molecule has 7 heteroatoms. The second-order valence-corrected chi connectivity index (χ2v) is 4.47. The third-order valence-electron chi connectivity index (χ3n) is 3.29. The van der Waals surface area contributed by atoms with E-state index in [9.17, 15) is 9.59 Å². The number of nitrogen functional groups attached to an aromatic ring is 1. The number of aromatic nitrogens is 2. The Kier molecular flexibility index (Phi) is 3.64. The summed E-state index contributed by atoms with van der Waals surface area (Å²) in [6, 6.07) is -0.442. The maximum absolute atomic E-state index is 12.0. The first-order chi connectivity index (χ1) is 9.04. The van der Waals surface area contributed by atoms with Gasteiger partial charge in [-0.2, -0.15) is 0 Å². The molecule has 1 atom stereocenters. The minimum absolute atomic E-state index is 0.152. The average Bonchev–Trinajstić information content (AvgIpc) is 2.40. The number of carbonyl (C=O) groups excluding carboxylic acids is 2. The molecule has 1 saturated heterocycles. The van der Waals surface area contributed by atoms with E-state index < -0.39 is 6.04 Å². The number of likely N-dealkylation sites (N-methyl/N-ethyl adjacent to an activating group) is 1. The number of hydrogen-bond donors (Lipinski definition) is 2. The maximum atomic E-state index is 12.0. The second-order valence-electron chi connectivity index (χ2n) is 4.47. The third-order valence-corrected chi connectivity index (χ3v) is 3.29. The summed E-state index contributed by atoms with van der Waals surface area (Å²) in [6.45, 7) is 1.94. The Morgan fingerprint density at radius 1 is 1.47 bits per heavy atom. The minimum atomic E-state index is -0.442. The van der Waals surface area contributed by atoms with Crippen molar-refractivity contribution in [2.45, 2.75) is 32.2 Å². The highest BCUT2D eigenvalue weighted by Gasteiger charge is 2.32. The molecule has 0 aromatic carbocycles. The van der Waals surface area contributed by atoms with Crippen molar-refractivity contribution in [1.29, 1.82) is 0 Å². The molecule has 2 amide bonds. The average molecular weight is 263 g/mol. The van der Waals surface area contributed by atoms with Crippen LogP contribution in [-0.4, -0.2) is 39.8 Å². The normalized spacial score (nSPS) is 19.7. The molecule has 102 valence electrons. The molecular weight excluding hydrogens is 246 g/mol. The summed E-state index contributed by atoms with van der Waals surface area (Å²) < 4.78 is 0. The van der Waals surface area contributed by atoms with Gasteiger partial charge in [0.15, 0.2) is 0 Å². The molecule has 1 unspecified atom stereocenters. The Morgan fingerprint density at radius 2 is 2.21 bits per heavy atom. The molecule has 0 saturated carbocycles. The van der Waals surface area contributed by atoms with Gasteiger partial charge in [-0.25, -0.2) is 9.97 Å². The van der Waals surface area contributed by atoms with E-state index in [0.717, 1.165) is 10.5 Å². The van der Waals surface area contributed by atoms with Gasteiger partial charge in [-0.3, -0.25) is 14.5 Å². The molecule has 0 spiro atoms. The van der Waals surface area contributed by atoms with E-state index in [-0.39, 0.29) is 11.8 Å². The van der Waals surface area contributed by atoms with Gasteiger partial charge in [-0.05, 0) is 12.8 Å². The van der Waals surface area contributed by atoms with Crippen LogP contribution in [0.15, 0.2) is 6.33 Å². The van der Waals surface area contributed by atoms with Crippen LogP contribution < -0.4 is 11.1 Å². The van der Waals surface area contributed by atoms with Gasteiger partial charge in [0.2, 0.25) is 5.91 Å². The van der Waals surface area contributed by atoms with Crippen molar-refractivity contribution in [3.05, 3.63) is 11.9 Å². The molecule has 1 aliphatic rings. The number of anilines is 2. The van der Waals surface area contributed by atoms with Gasteiger partial charge < -0.3 is 11.1 Å². The molecule has 2 rings (SSSR count). The molecule has 2 heterocycles. The molecule has 0 bridgehead atoms. The fourth-order valence-corrected chi connectivity index (χ4v) is 2.11. The molecule has 7 nitrogen and oxygen atoms in total. The van der Waals surface area contributed by atoms with E-state index in [2.05, 4.69) is 15.3 Å². The fourth-order valence-electron chi connectivity index (χ4n) is 2.11. The first-order valence-corrected chi connectivity index (χ1v) is 6.20. The van der Waals surface area contributed by atoms with Crippen LogP contribution in [-0.2, 0) is 16.0 Å². The van der Waals surface area contributed by atoms with Gasteiger partial charge in [0.05, 0.1) is 0 Å². The second kappa shape index (κ2) is 5.21. The van der Waals surface area contributed by atoms with Gasteiger partial charge in [0.25, 0.3) is 5.91 Å². The monoisotopic (exact) mass is 263 g/mol. The lowest BCUT2D eigenvalue weighted by molar-refractivity contribution is -0.146. The number of carbonyl (C=O) groups is 2. The predicted octanol–water partition coefficient (Wildman–Crippen LogP) is 0.181. The van der Waals surface area contributed by atoms with Crippen molar-refractivity contribution >= 4 is 23.5 Å². The van der Waals surface area contributed by atoms with Crippen LogP contribution in [0.1, 0.15) is 25.3 Å². The standard InChI is InChI=1S/C12H17N5O2/c1-3-7-10(13)14-6-15-11(7)16-8-4-5-9(18)17(2)12(8)19/h6,8H,3-5H2,1-2H3,(H3,13,14,15,16). The number of amides is 2. The lowest BCUT2D eigenvalue weighted by atomic mass is 10.0. The number of nitrogens with one attached hydrogen (secondary N) is 1. The number of likely N-dealkylation sites (tertiary alicyclic amines) is 1. The number of imide groups is 1. The zero-order valence-electron chi connectivity index (χ0n) is 11.0. The van der Waals surface area contributed by atoms with Crippen molar-refractivity contribution in [1.82, 2.24) is 14.9 Å². The van der Waals surface area contributed by atoms with Crippen LogP contribution in [0.3, 0.4) is 0 Å². The highest BCUT2D eigenvalue weighted by atomic mass is 16.2. The summed E-state index contributed by atoms with van der Waals surface area (Å²) in [5.74, 6) is 0.584. The van der Waals surface area contributed by atoms with Crippen molar-refractivity contribution < 1.29 is 9.59 Å². The molecule has 0 radical (unpaired) electrons. The Bertz CT molecular complexity index is 517. The largest absolute Gasteiger partial charge is 0.383 e. The van der Waals surface area contributed by atoms with E-state index in [1.807, 2.05) is 6.92 Å². The molecule has 1 aromatic heterocycles. The van der Waals surface area contributed by atoms with Crippen LogP contribution in [0.4, 0.5) is 11.6 Å².